The van der Waals surface area contributed by atoms with Gasteiger partial charge in [-0.15, -0.1) is 0 Å². The topological polar surface area (TPSA) is 32.8 Å². The first-order valence-corrected chi connectivity index (χ1v) is 7.96. The Morgan fingerprint density at radius 1 is 1.09 bits per heavy atom. The minimum atomic E-state index is -0.0437. The molecular formula is C19H22N2O2. The molecular weight excluding hydrogens is 288 g/mol. The van der Waals surface area contributed by atoms with E-state index in [2.05, 4.69) is 17.0 Å². The van der Waals surface area contributed by atoms with Gasteiger partial charge in [-0.1, -0.05) is 6.07 Å². The van der Waals surface area contributed by atoms with Gasteiger partial charge >= 0.3 is 0 Å². The Kier molecular flexibility index (Phi) is 4.51. The fourth-order valence-corrected chi connectivity index (χ4v) is 2.93. The van der Waals surface area contributed by atoms with E-state index in [4.69, 9.17) is 4.74 Å². The third-order valence-corrected chi connectivity index (χ3v) is 4.33. The molecule has 1 fully saturated rings. The van der Waals surface area contributed by atoms with Crippen LogP contribution in [0.2, 0.25) is 0 Å². The molecule has 1 aliphatic heterocycles. The molecule has 2 aromatic carbocycles. The standard InChI is InChI=1S/C19H22N2O2/c1-20(19(22)15-6-5-7-18(14-15)23-2)16-8-10-17(11-9-16)21-12-3-4-13-21/h5-11,14H,3-4,12-13H2,1-2H3. The molecule has 1 amide bonds. The first-order chi connectivity index (χ1) is 11.2. The summed E-state index contributed by atoms with van der Waals surface area (Å²) in [7, 11) is 3.40. The van der Waals surface area contributed by atoms with E-state index < -0.39 is 0 Å². The van der Waals surface area contributed by atoms with Crippen LogP contribution in [0.4, 0.5) is 11.4 Å². The molecule has 0 spiro atoms. The zero-order chi connectivity index (χ0) is 16.2. The van der Waals surface area contributed by atoms with Gasteiger partial charge in [0.1, 0.15) is 5.75 Å². The van der Waals surface area contributed by atoms with Gasteiger partial charge in [-0.25, -0.2) is 0 Å². The number of nitrogens with zero attached hydrogens (tertiary/aromatic N) is 2. The van der Waals surface area contributed by atoms with Crippen molar-refractivity contribution >= 4 is 17.3 Å². The fourth-order valence-electron chi connectivity index (χ4n) is 2.93. The lowest BCUT2D eigenvalue weighted by atomic mass is 10.1. The number of carbonyl (C=O) groups excluding carboxylic acids is 1. The number of amides is 1. The van der Waals surface area contributed by atoms with Gasteiger partial charge in [-0.2, -0.15) is 0 Å². The van der Waals surface area contributed by atoms with Crippen molar-refractivity contribution in [3.63, 3.8) is 0 Å². The number of hydrogen-bond donors (Lipinski definition) is 0. The maximum atomic E-state index is 12.6. The first-order valence-electron chi connectivity index (χ1n) is 7.96. The van der Waals surface area contributed by atoms with Crippen molar-refractivity contribution in [2.24, 2.45) is 0 Å². The highest BCUT2D eigenvalue weighted by molar-refractivity contribution is 6.06. The Balaban J connectivity index is 1.76. The van der Waals surface area contributed by atoms with Crippen LogP contribution in [0.3, 0.4) is 0 Å². The number of hydrogen-bond acceptors (Lipinski definition) is 3. The van der Waals surface area contributed by atoms with Crippen LogP contribution < -0.4 is 14.5 Å². The molecule has 120 valence electrons. The van der Waals surface area contributed by atoms with Gasteiger partial charge < -0.3 is 14.5 Å². The lowest BCUT2D eigenvalue weighted by molar-refractivity contribution is 0.0992. The van der Waals surface area contributed by atoms with Gasteiger partial charge in [0.05, 0.1) is 7.11 Å². The summed E-state index contributed by atoms with van der Waals surface area (Å²) in [6, 6.07) is 15.4. The minimum absolute atomic E-state index is 0.0437. The maximum absolute atomic E-state index is 12.6. The molecule has 0 saturated carbocycles. The summed E-state index contributed by atoms with van der Waals surface area (Å²) >= 11 is 0. The molecule has 1 aliphatic rings. The zero-order valence-electron chi connectivity index (χ0n) is 13.7. The molecule has 23 heavy (non-hydrogen) atoms. The molecule has 0 unspecified atom stereocenters. The normalized spacial score (nSPS) is 13.9. The molecule has 1 saturated heterocycles. The highest BCUT2D eigenvalue weighted by Crippen LogP contribution is 2.24. The summed E-state index contributed by atoms with van der Waals surface area (Å²) in [5.74, 6) is 0.645. The van der Waals surface area contributed by atoms with E-state index in [1.807, 2.05) is 24.3 Å². The predicted molar refractivity (Wildman–Crippen MR) is 93.6 cm³/mol. The Hall–Kier alpha value is -2.49. The highest BCUT2D eigenvalue weighted by atomic mass is 16.5. The third kappa shape index (κ3) is 3.31. The molecule has 0 N–H and O–H groups in total. The molecule has 3 rings (SSSR count). The van der Waals surface area contributed by atoms with Crippen LogP contribution in [0.15, 0.2) is 48.5 Å². The Morgan fingerprint density at radius 2 is 1.78 bits per heavy atom. The summed E-state index contributed by atoms with van der Waals surface area (Å²) in [5, 5.41) is 0. The van der Waals surface area contributed by atoms with Crippen LogP contribution in [0.5, 0.6) is 5.75 Å². The molecule has 4 nitrogen and oxygen atoms in total. The number of carbonyl (C=O) groups is 1. The first kappa shape index (κ1) is 15.4. The fraction of sp³-hybridized carbons (Fsp3) is 0.316. The molecule has 4 heteroatoms. The molecule has 2 aromatic rings. The summed E-state index contributed by atoms with van der Waals surface area (Å²) in [6.07, 6.45) is 2.52. The minimum Gasteiger partial charge on any atom is -0.497 e. The number of benzene rings is 2. The Labute approximate surface area is 137 Å². The Morgan fingerprint density at radius 3 is 2.43 bits per heavy atom. The number of anilines is 2. The molecule has 0 aliphatic carbocycles. The summed E-state index contributed by atoms with van der Waals surface area (Å²) in [4.78, 5) is 16.7. The lowest BCUT2D eigenvalue weighted by Crippen LogP contribution is -2.26. The van der Waals surface area contributed by atoms with Crippen molar-refractivity contribution in [3.8, 4) is 5.75 Å². The van der Waals surface area contributed by atoms with Crippen molar-refractivity contribution in [1.82, 2.24) is 0 Å². The van der Waals surface area contributed by atoms with Crippen molar-refractivity contribution in [2.45, 2.75) is 12.8 Å². The van der Waals surface area contributed by atoms with E-state index in [1.165, 1.54) is 18.5 Å². The summed E-state index contributed by atoms with van der Waals surface area (Å²) < 4.78 is 5.19. The average molecular weight is 310 g/mol. The third-order valence-electron chi connectivity index (χ3n) is 4.33. The van der Waals surface area contributed by atoms with Gasteiger partial charge in [0.2, 0.25) is 0 Å². The van der Waals surface area contributed by atoms with Crippen molar-refractivity contribution in [3.05, 3.63) is 54.1 Å². The molecule has 0 bridgehead atoms. The van der Waals surface area contributed by atoms with Crippen molar-refractivity contribution in [2.75, 3.05) is 37.0 Å². The van der Waals surface area contributed by atoms with E-state index in [0.29, 0.717) is 11.3 Å². The largest absolute Gasteiger partial charge is 0.497 e. The molecule has 0 atom stereocenters. The van der Waals surface area contributed by atoms with Crippen LogP contribution in [0.1, 0.15) is 23.2 Å². The van der Waals surface area contributed by atoms with Gasteiger partial charge in [-0.05, 0) is 55.3 Å². The molecule has 0 aromatic heterocycles. The van der Waals surface area contributed by atoms with Gasteiger partial charge in [-0.3, -0.25) is 4.79 Å². The second-order valence-corrected chi connectivity index (χ2v) is 5.81. The molecule has 0 radical (unpaired) electrons. The summed E-state index contributed by atoms with van der Waals surface area (Å²) in [5.41, 5.74) is 2.74. The number of ether oxygens (including phenoxy) is 1. The average Bonchev–Trinajstić information content (AvgIpc) is 3.15. The van der Waals surface area contributed by atoms with Gasteiger partial charge in [0, 0.05) is 37.1 Å². The second-order valence-electron chi connectivity index (χ2n) is 5.81. The predicted octanol–water partition coefficient (Wildman–Crippen LogP) is 3.57. The van der Waals surface area contributed by atoms with E-state index in [0.717, 1.165) is 18.8 Å². The monoisotopic (exact) mass is 310 g/mol. The van der Waals surface area contributed by atoms with Crippen molar-refractivity contribution < 1.29 is 9.53 Å². The molecule has 1 heterocycles. The second kappa shape index (κ2) is 6.73. The number of rotatable bonds is 4. The maximum Gasteiger partial charge on any atom is 0.258 e. The van der Waals surface area contributed by atoms with Crippen LogP contribution in [0.25, 0.3) is 0 Å². The van der Waals surface area contributed by atoms with Crippen LogP contribution >= 0.6 is 0 Å². The quantitative estimate of drug-likeness (QED) is 0.865. The summed E-state index contributed by atoms with van der Waals surface area (Å²) in [6.45, 7) is 2.25. The SMILES string of the molecule is COc1cccc(C(=O)N(C)c2ccc(N3CCCC3)cc2)c1. The van der Waals surface area contributed by atoms with Gasteiger partial charge in [0.25, 0.3) is 5.91 Å². The lowest BCUT2D eigenvalue weighted by Gasteiger charge is -2.21. The van der Waals surface area contributed by atoms with Gasteiger partial charge in [0.15, 0.2) is 0 Å². The zero-order valence-corrected chi connectivity index (χ0v) is 13.7. The van der Waals surface area contributed by atoms with Crippen LogP contribution in [0, 0.1) is 0 Å². The van der Waals surface area contributed by atoms with E-state index >= 15 is 0 Å². The smallest absolute Gasteiger partial charge is 0.258 e. The van der Waals surface area contributed by atoms with Crippen molar-refractivity contribution in [1.29, 1.82) is 0 Å². The van der Waals surface area contributed by atoms with E-state index in [9.17, 15) is 4.79 Å². The van der Waals surface area contributed by atoms with Crippen LogP contribution in [-0.2, 0) is 0 Å². The highest BCUT2D eigenvalue weighted by Gasteiger charge is 2.16. The number of methoxy groups -OCH3 is 1. The Bertz CT molecular complexity index is 676. The van der Waals surface area contributed by atoms with E-state index in [1.54, 1.807) is 31.2 Å². The van der Waals surface area contributed by atoms with E-state index in [-0.39, 0.29) is 5.91 Å². The van der Waals surface area contributed by atoms with Crippen LogP contribution in [-0.4, -0.2) is 33.2 Å².